The van der Waals surface area contributed by atoms with Gasteiger partial charge in [0.1, 0.15) is 0 Å². The van der Waals surface area contributed by atoms with Crippen molar-refractivity contribution in [2.75, 3.05) is 13.1 Å². The zero-order valence-corrected chi connectivity index (χ0v) is 15.4. The molecule has 1 N–H and O–H groups in total. The van der Waals surface area contributed by atoms with E-state index in [1.807, 2.05) is 35.3 Å². The van der Waals surface area contributed by atoms with Crippen molar-refractivity contribution in [3.63, 3.8) is 0 Å². The molecule has 138 valence electrons. The number of aliphatic hydroxyl groups is 1. The van der Waals surface area contributed by atoms with E-state index in [2.05, 4.69) is 15.0 Å². The quantitative estimate of drug-likeness (QED) is 0.724. The van der Waals surface area contributed by atoms with Crippen molar-refractivity contribution in [1.82, 2.24) is 24.2 Å². The number of aryl methyl sites for hydroxylation is 1. The third kappa shape index (κ3) is 3.50. The van der Waals surface area contributed by atoms with E-state index >= 15 is 0 Å². The lowest BCUT2D eigenvalue weighted by Gasteiger charge is -2.37. The molecule has 26 heavy (non-hydrogen) atoms. The maximum absolute atomic E-state index is 12.1. The fourth-order valence-electron chi connectivity index (χ4n) is 3.24. The van der Waals surface area contributed by atoms with Crippen LogP contribution in [0.5, 0.6) is 0 Å². The SMILES string of the molecule is Cn1cncc1CN1CCC(O)(Cn2nc(-c3cccs3)oc2=O)CC1. The summed E-state index contributed by atoms with van der Waals surface area (Å²) in [6.07, 6.45) is 4.82. The smallest absolute Gasteiger partial charge is 0.388 e. The van der Waals surface area contributed by atoms with Gasteiger partial charge in [0, 0.05) is 32.9 Å². The zero-order valence-electron chi connectivity index (χ0n) is 14.5. The van der Waals surface area contributed by atoms with E-state index in [4.69, 9.17) is 4.42 Å². The maximum atomic E-state index is 12.1. The summed E-state index contributed by atoms with van der Waals surface area (Å²) in [6.45, 7) is 2.47. The molecule has 0 atom stereocenters. The van der Waals surface area contributed by atoms with Crippen molar-refractivity contribution in [3.05, 3.63) is 46.3 Å². The Labute approximate surface area is 154 Å². The molecule has 0 amide bonds. The average Bonchev–Trinajstić information content (AvgIpc) is 3.34. The van der Waals surface area contributed by atoms with Gasteiger partial charge in [-0.1, -0.05) is 6.07 Å². The summed E-state index contributed by atoms with van der Waals surface area (Å²) in [5.41, 5.74) is 0.194. The number of hydrogen-bond acceptors (Lipinski definition) is 7. The molecule has 8 nitrogen and oxygen atoms in total. The van der Waals surface area contributed by atoms with Crippen molar-refractivity contribution in [2.24, 2.45) is 7.05 Å². The summed E-state index contributed by atoms with van der Waals surface area (Å²) < 4.78 is 8.47. The fourth-order valence-corrected chi connectivity index (χ4v) is 3.88. The summed E-state index contributed by atoms with van der Waals surface area (Å²) in [4.78, 5) is 19.3. The number of rotatable bonds is 5. The molecule has 0 bridgehead atoms. The molecule has 0 saturated carbocycles. The first-order valence-corrected chi connectivity index (χ1v) is 9.42. The van der Waals surface area contributed by atoms with Crippen LogP contribution in [0, 0.1) is 0 Å². The maximum Gasteiger partial charge on any atom is 0.437 e. The van der Waals surface area contributed by atoms with Crippen LogP contribution in [0.1, 0.15) is 18.5 Å². The Kier molecular flexibility index (Phi) is 4.51. The minimum atomic E-state index is -0.948. The number of nitrogens with zero attached hydrogens (tertiary/aromatic N) is 5. The molecule has 1 aliphatic heterocycles. The van der Waals surface area contributed by atoms with E-state index in [9.17, 15) is 9.90 Å². The van der Waals surface area contributed by atoms with Crippen LogP contribution in [0.25, 0.3) is 10.8 Å². The molecule has 3 aromatic heterocycles. The third-order valence-electron chi connectivity index (χ3n) is 4.87. The first-order chi connectivity index (χ1) is 12.5. The number of thiophene rings is 1. The summed E-state index contributed by atoms with van der Waals surface area (Å²) in [5.74, 6) is -0.221. The Hall–Kier alpha value is -2.23. The molecular formula is C17H21N5O3S. The van der Waals surface area contributed by atoms with Crippen LogP contribution < -0.4 is 5.76 Å². The fraction of sp³-hybridized carbons (Fsp3) is 0.471. The summed E-state index contributed by atoms with van der Waals surface area (Å²) in [7, 11) is 1.98. The van der Waals surface area contributed by atoms with Crippen LogP contribution in [-0.4, -0.2) is 48.0 Å². The monoisotopic (exact) mass is 375 g/mol. The molecule has 1 aliphatic rings. The highest BCUT2D eigenvalue weighted by Crippen LogP contribution is 2.26. The minimum Gasteiger partial charge on any atom is -0.388 e. The summed E-state index contributed by atoms with van der Waals surface area (Å²) in [6, 6.07) is 3.73. The van der Waals surface area contributed by atoms with Crippen LogP contribution in [0.3, 0.4) is 0 Å². The van der Waals surface area contributed by atoms with Crippen molar-refractivity contribution >= 4 is 11.3 Å². The van der Waals surface area contributed by atoms with Gasteiger partial charge in [-0.2, -0.15) is 4.68 Å². The Morgan fingerprint density at radius 1 is 1.38 bits per heavy atom. The highest BCUT2D eigenvalue weighted by Gasteiger charge is 2.34. The lowest BCUT2D eigenvalue weighted by Crippen LogP contribution is -2.47. The highest BCUT2D eigenvalue weighted by atomic mass is 32.1. The number of piperidine rings is 1. The Bertz CT molecular complexity index is 919. The molecule has 0 spiro atoms. The van der Waals surface area contributed by atoms with Gasteiger partial charge in [0.2, 0.25) is 0 Å². The molecule has 3 aromatic rings. The number of likely N-dealkylation sites (tertiary alicyclic amines) is 1. The lowest BCUT2D eigenvalue weighted by atomic mass is 9.91. The number of aromatic nitrogens is 4. The zero-order chi connectivity index (χ0) is 18.1. The molecule has 1 fully saturated rings. The molecule has 9 heteroatoms. The third-order valence-corrected chi connectivity index (χ3v) is 5.73. The number of imidazole rings is 1. The molecule has 4 heterocycles. The standard InChI is InChI=1S/C17H21N5O3S/c1-20-12-18-9-13(20)10-21-6-4-17(24,5-7-21)11-22-16(23)25-15(19-22)14-3-2-8-26-14/h2-3,8-9,12,24H,4-7,10-11H2,1H3. The van der Waals surface area contributed by atoms with Crippen molar-refractivity contribution < 1.29 is 9.52 Å². The van der Waals surface area contributed by atoms with Crippen molar-refractivity contribution in [2.45, 2.75) is 31.5 Å². The highest BCUT2D eigenvalue weighted by molar-refractivity contribution is 7.13. The summed E-state index contributed by atoms with van der Waals surface area (Å²) in [5, 5.41) is 17.1. The van der Waals surface area contributed by atoms with Gasteiger partial charge in [0.05, 0.1) is 29.0 Å². The van der Waals surface area contributed by atoms with Crippen molar-refractivity contribution in [3.8, 4) is 10.8 Å². The van der Waals surface area contributed by atoms with E-state index in [1.165, 1.54) is 16.0 Å². The molecule has 0 aromatic carbocycles. The second kappa shape index (κ2) is 6.82. The molecular weight excluding hydrogens is 354 g/mol. The predicted molar refractivity (Wildman–Crippen MR) is 96.7 cm³/mol. The molecule has 1 saturated heterocycles. The number of hydrogen-bond donors (Lipinski definition) is 1. The Morgan fingerprint density at radius 3 is 2.85 bits per heavy atom. The van der Waals surface area contributed by atoms with Crippen LogP contribution >= 0.6 is 11.3 Å². The van der Waals surface area contributed by atoms with E-state index in [1.54, 1.807) is 6.33 Å². The van der Waals surface area contributed by atoms with Crippen LogP contribution in [0.2, 0.25) is 0 Å². The Morgan fingerprint density at radius 2 is 2.19 bits per heavy atom. The van der Waals surface area contributed by atoms with E-state index in [0.717, 1.165) is 30.2 Å². The van der Waals surface area contributed by atoms with Gasteiger partial charge < -0.3 is 14.1 Å². The van der Waals surface area contributed by atoms with Gasteiger partial charge in [-0.15, -0.1) is 16.4 Å². The molecule has 0 aliphatic carbocycles. The minimum absolute atomic E-state index is 0.153. The summed E-state index contributed by atoms with van der Waals surface area (Å²) >= 11 is 1.46. The van der Waals surface area contributed by atoms with Crippen LogP contribution in [0.15, 0.2) is 39.2 Å². The van der Waals surface area contributed by atoms with Crippen LogP contribution in [0.4, 0.5) is 0 Å². The first kappa shape index (κ1) is 17.2. The average molecular weight is 375 g/mol. The molecule has 0 radical (unpaired) electrons. The van der Waals surface area contributed by atoms with Gasteiger partial charge in [-0.3, -0.25) is 4.90 Å². The van der Waals surface area contributed by atoms with Gasteiger partial charge in [0.25, 0.3) is 5.89 Å². The second-order valence-electron chi connectivity index (χ2n) is 6.80. The van der Waals surface area contributed by atoms with Gasteiger partial charge in [-0.25, -0.2) is 9.78 Å². The largest absolute Gasteiger partial charge is 0.437 e. The first-order valence-electron chi connectivity index (χ1n) is 8.54. The second-order valence-corrected chi connectivity index (χ2v) is 7.75. The lowest BCUT2D eigenvalue weighted by molar-refractivity contribution is -0.0395. The van der Waals surface area contributed by atoms with E-state index in [0.29, 0.717) is 18.7 Å². The van der Waals surface area contributed by atoms with Crippen molar-refractivity contribution in [1.29, 1.82) is 0 Å². The predicted octanol–water partition coefficient (Wildman–Crippen LogP) is 1.33. The Balaban J connectivity index is 1.40. The topological polar surface area (TPSA) is 89.3 Å². The molecule has 4 rings (SSSR count). The molecule has 0 unspecified atom stereocenters. The van der Waals surface area contributed by atoms with Gasteiger partial charge in [-0.05, 0) is 24.3 Å². The normalized spacial score (nSPS) is 17.6. The van der Waals surface area contributed by atoms with E-state index in [-0.39, 0.29) is 6.54 Å². The van der Waals surface area contributed by atoms with Gasteiger partial charge >= 0.3 is 5.76 Å². The van der Waals surface area contributed by atoms with Crippen LogP contribution in [-0.2, 0) is 20.1 Å². The van der Waals surface area contributed by atoms with E-state index < -0.39 is 11.4 Å². The van der Waals surface area contributed by atoms with Gasteiger partial charge in [0.15, 0.2) is 0 Å².